The zero-order valence-electron chi connectivity index (χ0n) is 9.06. The fourth-order valence-corrected chi connectivity index (χ4v) is 1.42. The van der Waals surface area contributed by atoms with Crippen molar-refractivity contribution in [2.45, 2.75) is 12.8 Å². The minimum atomic E-state index is -3.32. The molecule has 0 radical (unpaired) electrons. The lowest BCUT2D eigenvalue weighted by Crippen LogP contribution is -2.09. The largest absolute Gasteiger partial charge is 0.352 e. The molecule has 5 nitrogen and oxygen atoms in total. The van der Waals surface area contributed by atoms with Crippen LogP contribution in [0.3, 0.4) is 0 Å². The Morgan fingerprint density at radius 3 is 3.06 bits per heavy atom. The van der Waals surface area contributed by atoms with Crippen molar-refractivity contribution in [2.75, 3.05) is 19.4 Å². The zero-order chi connectivity index (χ0) is 11.9. The van der Waals surface area contributed by atoms with Gasteiger partial charge in [0.05, 0.1) is 25.7 Å². The van der Waals surface area contributed by atoms with Crippen LogP contribution in [0.5, 0.6) is 0 Å². The average molecular weight is 242 g/mol. The summed E-state index contributed by atoms with van der Waals surface area (Å²) in [4.78, 5) is 3.99. The predicted octanol–water partition coefficient (Wildman–Crippen LogP) is 0.262. The molecule has 16 heavy (non-hydrogen) atoms. The summed E-state index contributed by atoms with van der Waals surface area (Å²) < 4.78 is 25.8. The molecule has 0 aromatic heterocycles. The van der Waals surface area contributed by atoms with Gasteiger partial charge in [-0.15, -0.1) is 0 Å². The maximum absolute atomic E-state index is 10.6. The van der Waals surface area contributed by atoms with Crippen LogP contribution in [-0.2, 0) is 14.3 Å². The Balaban J connectivity index is 2.16. The van der Waals surface area contributed by atoms with Crippen LogP contribution < -0.4 is 5.32 Å². The molecular weight excluding hydrogens is 228 g/mol. The minimum Gasteiger partial charge on any atom is -0.352 e. The van der Waals surface area contributed by atoms with Gasteiger partial charge < -0.3 is 5.32 Å². The van der Waals surface area contributed by atoms with Crippen LogP contribution in [0.2, 0.25) is 0 Å². The van der Waals surface area contributed by atoms with E-state index in [9.17, 15) is 8.42 Å². The highest BCUT2D eigenvalue weighted by Gasteiger charge is 1.99. The number of hydrogen-bond acceptors (Lipinski definition) is 5. The van der Waals surface area contributed by atoms with E-state index in [0.717, 1.165) is 11.8 Å². The fraction of sp³-hybridized carbons (Fsp3) is 0.500. The number of aliphatic imine (C=N–C) groups is 1. The van der Waals surface area contributed by atoms with Crippen molar-refractivity contribution in [2.24, 2.45) is 4.99 Å². The van der Waals surface area contributed by atoms with Gasteiger partial charge in [-0.2, -0.15) is 8.42 Å². The van der Waals surface area contributed by atoms with Crippen molar-refractivity contribution in [3.8, 4) is 11.8 Å². The molecular formula is C10H14N2O3S. The average Bonchev–Trinajstić information content (AvgIpc) is 2.23. The quantitative estimate of drug-likeness (QED) is 0.436. The lowest BCUT2D eigenvalue weighted by Gasteiger charge is -2.01. The van der Waals surface area contributed by atoms with E-state index >= 15 is 0 Å². The van der Waals surface area contributed by atoms with Crippen molar-refractivity contribution in [3.05, 3.63) is 11.8 Å². The third-order valence-electron chi connectivity index (χ3n) is 1.68. The zero-order valence-corrected chi connectivity index (χ0v) is 9.88. The van der Waals surface area contributed by atoms with Crippen LogP contribution in [0.1, 0.15) is 12.8 Å². The molecule has 0 amide bonds. The molecule has 0 spiro atoms. The summed E-state index contributed by atoms with van der Waals surface area (Å²) in [5.41, 5.74) is 0.923. The summed E-state index contributed by atoms with van der Waals surface area (Å²) in [7, 11) is -3.32. The molecule has 0 unspecified atom stereocenters. The van der Waals surface area contributed by atoms with Gasteiger partial charge in [-0.3, -0.25) is 9.18 Å². The fourth-order valence-electron chi connectivity index (χ4n) is 1.00. The van der Waals surface area contributed by atoms with Gasteiger partial charge in [0.15, 0.2) is 0 Å². The van der Waals surface area contributed by atoms with Crippen LogP contribution in [0.15, 0.2) is 16.8 Å². The van der Waals surface area contributed by atoms with Crippen LogP contribution >= 0.6 is 0 Å². The number of rotatable bonds is 4. The summed E-state index contributed by atoms with van der Waals surface area (Å²) in [6.45, 7) is 0.781. The van der Waals surface area contributed by atoms with Crippen molar-refractivity contribution in [1.29, 1.82) is 0 Å². The van der Waals surface area contributed by atoms with Crippen molar-refractivity contribution >= 4 is 16.5 Å². The van der Waals surface area contributed by atoms with E-state index in [-0.39, 0.29) is 6.61 Å². The highest BCUT2D eigenvalue weighted by atomic mass is 32.2. The summed E-state index contributed by atoms with van der Waals surface area (Å²) in [6.07, 6.45) is 5.66. The molecule has 0 atom stereocenters. The Labute approximate surface area is 95.7 Å². The summed E-state index contributed by atoms with van der Waals surface area (Å²) in [6, 6.07) is 0. The third kappa shape index (κ3) is 6.22. The number of hydrogen-bond donors (Lipinski definition) is 1. The van der Waals surface area contributed by atoms with E-state index in [4.69, 9.17) is 0 Å². The van der Waals surface area contributed by atoms with E-state index in [1.54, 1.807) is 12.5 Å². The highest BCUT2D eigenvalue weighted by molar-refractivity contribution is 7.85. The second-order valence-electron chi connectivity index (χ2n) is 3.24. The van der Waals surface area contributed by atoms with E-state index in [1.165, 1.54) is 0 Å². The predicted molar refractivity (Wildman–Crippen MR) is 62.4 cm³/mol. The lowest BCUT2D eigenvalue weighted by molar-refractivity contribution is 0.317. The Kier molecular flexibility index (Phi) is 5.02. The minimum absolute atomic E-state index is 0.183. The molecule has 1 aliphatic heterocycles. The smallest absolute Gasteiger partial charge is 0.264 e. The first-order valence-electron chi connectivity index (χ1n) is 4.84. The standard InChI is InChI=1S/C10H14N2O3S/c1-16(13,14)15-6-4-2-3-5-10-7-11-9-12-8-10/h7,9H,2,4,6,8H2,1H3,(H,11,12). The molecule has 0 aliphatic carbocycles. The molecule has 0 aromatic carbocycles. The topological polar surface area (TPSA) is 67.8 Å². The molecule has 1 heterocycles. The molecule has 0 saturated carbocycles. The molecule has 88 valence electrons. The first-order valence-corrected chi connectivity index (χ1v) is 6.66. The molecule has 0 saturated heterocycles. The third-order valence-corrected chi connectivity index (χ3v) is 2.27. The molecule has 1 rings (SSSR count). The van der Waals surface area contributed by atoms with E-state index in [1.807, 2.05) is 0 Å². The lowest BCUT2D eigenvalue weighted by atomic mass is 10.2. The summed E-state index contributed by atoms with van der Waals surface area (Å²) in [5, 5.41) is 2.85. The van der Waals surface area contributed by atoms with Crippen molar-refractivity contribution < 1.29 is 12.6 Å². The van der Waals surface area contributed by atoms with Gasteiger partial charge in [0, 0.05) is 18.2 Å². The highest BCUT2D eigenvalue weighted by Crippen LogP contribution is 1.96. The van der Waals surface area contributed by atoms with Gasteiger partial charge >= 0.3 is 0 Å². The van der Waals surface area contributed by atoms with Gasteiger partial charge in [-0.05, 0) is 6.42 Å². The number of nitrogens with one attached hydrogen (secondary N) is 1. The van der Waals surface area contributed by atoms with Gasteiger partial charge in [0.25, 0.3) is 10.1 Å². The molecule has 1 aliphatic rings. The SMILES string of the molecule is CS(=O)(=O)OCCCC#CC1=CNC=NC1. The van der Waals surface area contributed by atoms with Gasteiger partial charge in [0.2, 0.25) is 0 Å². The molecule has 0 bridgehead atoms. The molecule has 0 aromatic rings. The molecule has 1 N–H and O–H groups in total. The van der Waals surface area contributed by atoms with Crippen molar-refractivity contribution in [1.82, 2.24) is 5.32 Å². The van der Waals surface area contributed by atoms with Crippen LogP contribution in [-0.4, -0.2) is 34.2 Å². The van der Waals surface area contributed by atoms with Crippen LogP contribution in [0.4, 0.5) is 0 Å². The number of unbranched alkanes of at least 4 members (excludes halogenated alkanes) is 1. The normalized spacial score (nSPS) is 14.7. The Morgan fingerprint density at radius 2 is 2.44 bits per heavy atom. The van der Waals surface area contributed by atoms with Gasteiger partial charge in [0.1, 0.15) is 0 Å². The van der Waals surface area contributed by atoms with E-state index in [2.05, 4.69) is 26.3 Å². The summed E-state index contributed by atoms with van der Waals surface area (Å²) >= 11 is 0. The van der Waals surface area contributed by atoms with Crippen LogP contribution in [0.25, 0.3) is 0 Å². The van der Waals surface area contributed by atoms with Crippen LogP contribution in [0, 0.1) is 11.8 Å². The Bertz CT molecular complexity index is 440. The second-order valence-corrected chi connectivity index (χ2v) is 4.88. The number of nitrogens with zero attached hydrogens (tertiary/aromatic N) is 1. The second kappa shape index (κ2) is 6.30. The van der Waals surface area contributed by atoms with Gasteiger partial charge in [-0.25, -0.2) is 0 Å². The van der Waals surface area contributed by atoms with E-state index in [0.29, 0.717) is 19.4 Å². The Morgan fingerprint density at radius 1 is 1.62 bits per heavy atom. The van der Waals surface area contributed by atoms with E-state index < -0.39 is 10.1 Å². The summed E-state index contributed by atoms with van der Waals surface area (Å²) in [5.74, 6) is 5.88. The van der Waals surface area contributed by atoms with Gasteiger partial charge in [-0.1, -0.05) is 11.8 Å². The molecule has 6 heteroatoms. The Hall–Kier alpha value is -1.32. The maximum atomic E-state index is 10.6. The monoisotopic (exact) mass is 242 g/mol. The first kappa shape index (κ1) is 12.7. The first-order chi connectivity index (χ1) is 7.58. The maximum Gasteiger partial charge on any atom is 0.264 e. The molecule has 0 fully saturated rings. The van der Waals surface area contributed by atoms with Crippen molar-refractivity contribution in [3.63, 3.8) is 0 Å².